The van der Waals surface area contributed by atoms with Gasteiger partial charge < -0.3 is 9.64 Å². The van der Waals surface area contributed by atoms with E-state index in [4.69, 9.17) is 4.74 Å². The Morgan fingerprint density at radius 2 is 2.04 bits per heavy atom. The molecule has 0 radical (unpaired) electrons. The summed E-state index contributed by atoms with van der Waals surface area (Å²) in [6.45, 7) is 4.19. The summed E-state index contributed by atoms with van der Waals surface area (Å²) in [5.41, 5.74) is 0.172. The van der Waals surface area contributed by atoms with Crippen LogP contribution in [-0.2, 0) is 14.3 Å². The molecule has 1 saturated carbocycles. The van der Waals surface area contributed by atoms with Crippen molar-refractivity contribution in [2.45, 2.75) is 38.9 Å². The summed E-state index contributed by atoms with van der Waals surface area (Å²) in [5, 5.41) is 0. The third-order valence-electron chi connectivity index (χ3n) is 5.20. The molecule has 5 heteroatoms. The van der Waals surface area contributed by atoms with Crippen molar-refractivity contribution in [1.29, 1.82) is 0 Å². The second-order valence-corrected chi connectivity index (χ2v) is 6.46. The number of likely N-dealkylation sites (tertiary alicyclic amines) is 1. The lowest BCUT2D eigenvalue weighted by Crippen LogP contribution is -2.34. The van der Waals surface area contributed by atoms with Crippen molar-refractivity contribution in [3.8, 4) is 0 Å². The number of hydrogen-bond donors (Lipinski definition) is 0. The maximum absolute atomic E-state index is 14.6. The normalized spacial score (nSPS) is 26.9. The van der Waals surface area contributed by atoms with Crippen molar-refractivity contribution < 1.29 is 18.7 Å². The third kappa shape index (κ3) is 2.62. The second-order valence-electron chi connectivity index (χ2n) is 6.46. The first-order chi connectivity index (χ1) is 11.0. The summed E-state index contributed by atoms with van der Waals surface area (Å²) in [5.74, 6) is -1.46. The molecule has 1 aliphatic carbocycles. The smallest absolute Gasteiger partial charge is 0.312 e. The van der Waals surface area contributed by atoms with Crippen LogP contribution in [0.2, 0.25) is 0 Å². The van der Waals surface area contributed by atoms with Gasteiger partial charge in [0.05, 0.1) is 18.1 Å². The zero-order valence-electron chi connectivity index (χ0n) is 13.5. The third-order valence-corrected chi connectivity index (χ3v) is 5.20. The van der Waals surface area contributed by atoms with Crippen molar-refractivity contribution in [3.63, 3.8) is 0 Å². The highest BCUT2D eigenvalue weighted by Gasteiger charge is 2.63. The number of benzene rings is 1. The van der Waals surface area contributed by atoms with Crippen LogP contribution in [0.25, 0.3) is 0 Å². The Balaban J connectivity index is 1.79. The zero-order valence-corrected chi connectivity index (χ0v) is 13.5. The van der Waals surface area contributed by atoms with Crippen LogP contribution in [0.15, 0.2) is 30.3 Å². The van der Waals surface area contributed by atoms with E-state index >= 15 is 0 Å². The van der Waals surface area contributed by atoms with Crippen molar-refractivity contribution in [2.75, 3.05) is 13.2 Å². The van der Waals surface area contributed by atoms with E-state index in [9.17, 15) is 14.0 Å². The van der Waals surface area contributed by atoms with E-state index in [0.29, 0.717) is 12.8 Å². The number of alkyl halides is 1. The SMILES string of the molecule is CCOC(=O)C1(C2CN(C(C)c3ccccc3)C(=O)C2F)CC1. The van der Waals surface area contributed by atoms with Crippen LogP contribution in [-0.4, -0.2) is 36.1 Å². The van der Waals surface area contributed by atoms with Gasteiger partial charge >= 0.3 is 5.97 Å². The molecule has 1 aromatic carbocycles. The number of amides is 1. The Morgan fingerprint density at radius 3 is 2.61 bits per heavy atom. The lowest BCUT2D eigenvalue weighted by molar-refractivity contribution is -0.152. The van der Waals surface area contributed by atoms with Gasteiger partial charge in [-0.25, -0.2) is 4.39 Å². The van der Waals surface area contributed by atoms with Crippen molar-refractivity contribution >= 4 is 11.9 Å². The highest BCUT2D eigenvalue weighted by atomic mass is 19.1. The number of hydrogen-bond acceptors (Lipinski definition) is 3. The summed E-state index contributed by atoms with van der Waals surface area (Å²) in [6.07, 6.45) is -0.400. The summed E-state index contributed by atoms with van der Waals surface area (Å²) >= 11 is 0. The predicted octanol–water partition coefficient (Wildman–Crippen LogP) is 2.89. The van der Waals surface area contributed by atoms with Gasteiger partial charge in [-0.05, 0) is 32.3 Å². The van der Waals surface area contributed by atoms with Crippen molar-refractivity contribution in [2.24, 2.45) is 11.3 Å². The maximum Gasteiger partial charge on any atom is 0.312 e. The van der Waals surface area contributed by atoms with Crippen LogP contribution in [0.5, 0.6) is 0 Å². The summed E-state index contributed by atoms with van der Waals surface area (Å²) in [7, 11) is 0. The Hall–Kier alpha value is -1.91. The monoisotopic (exact) mass is 319 g/mol. The number of carbonyl (C=O) groups excluding carboxylic acids is 2. The Labute approximate surface area is 135 Å². The zero-order chi connectivity index (χ0) is 16.6. The molecule has 1 aliphatic heterocycles. The summed E-state index contributed by atoms with van der Waals surface area (Å²) < 4.78 is 19.8. The molecular weight excluding hydrogens is 297 g/mol. The van der Waals surface area contributed by atoms with E-state index in [1.54, 1.807) is 11.8 Å². The number of nitrogens with zero attached hydrogens (tertiary/aromatic N) is 1. The Kier molecular flexibility index (Phi) is 4.13. The van der Waals surface area contributed by atoms with E-state index in [-0.39, 0.29) is 25.2 Å². The lowest BCUT2D eigenvalue weighted by atomic mass is 9.87. The molecule has 3 rings (SSSR count). The number of carbonyl (C=O) groups is 2. The first kappa shape index (κ1) is 16.0. The van der Waals surface area contributed by atoms with Crippen LogP contribution in [0, 0.1) is 11.3 Å². The van der Waals surface area contributed by atoms with E-state index in [1.165, 1.54) is 0 Å². The van der Waals surface area contributed by atoms with E-state index < -0.39 is 23.4 Å². The van der Waals surface area contributed by atoms with E-state index in [0.717, 1.165) is 5.56 Å². The fourth-order valence-electron chi connectivity index (χ4n) is 3.58. The molecule has 3 atom stereocenters. The number of ether oxygens (including phenoxy) is 1. The molecule has 1 amide bonds. The largest absolute Gasteiger partial charge is 0.466 e. The fraction of sp³-hybridized carbons (Fsp3) is 0.556. The topological polar surface area (TPSA) is 46.6 Å². The molecule has 4 nitrogen and oxygen atoms in total. The van der Waals surface area contributed by atoms with Gasteiger partial charge in [-0.15, -0.1) is 0 Å². The average Bonchev–Trinajstić information content (AvgIpc) is 3.31. The van der Waals surface area contributed by atoms with Crippen LogP contribution >= 0.6 is 0 Å². The minimum atomic E-state index is -1.62. The number of esters is 1. The van der Waals surface area contributed by atoms with Crippen LogP contribution in [0.3, 0.4) is 0 Å². The molecule has 23 heavy (non-hydrogen) atoms. The molecule has 0 aromatic heterocycles. The van der Waals surface area contributed by atoms with Crippen LogP contribution in [0.1, 0.15) is 38.3 Å². The van der Waals surface area contributed by atoms with Gasteiger partial charge in [0.1, 0.15) is 0 Å². The Morgan fingerprint density at radius 1 is 1.39 bits per heavy atom. The first-order valence-electron chi connectivity index (χ1n) is 8.18. The molecule has 1 saturated heterocycles. The standard InChI is InChI=1S/C18H22FNO3/c1-3-23-17(22)18(9-10-18)14-11-20(16(21)15(14)19)12(2)13-7-5-4-6-8-13/h4-8,12,14-15H,3,9-11H2,1-2H3. The molecule has 0 spiro atoms. The van der Waals surface area contributed by atoms with Crippen molar-refractivity contribution in [1.82, 2.24) is 4.90 Å². The predicted molar refractivity (Wildman–Crippen MR) is 83.3 cm³/mol. The van der Waals surface area contributed by atoms with Gasteiger partial charge in [0.25, 0.3) is 5.91 Å². The van der Waals surface area contributed by atoms with E-state index in [2.05, 4.69) is 0 Å². The molecule has 1 heterocycles. The molecule has 2 fully saturated rings. The molecule has 0 bridgehead atoms. The molecular formula is C18H22FNO3. The molecule has 124 valence electrons. The highest BCUT2D eigenvalue weighted by Crippen LogP contribution is 2.57. The van der Waals surface area contributed by atoms with Gasteiger partial charge in [0, 0.05) is 12.5 Å². The van der Waals surface area contributed by atoms with Gasteiger partial charge in [-0.2, -0.15) is 0 Å². The average molecular weight is 319 g/mol. The summed E-state index contributed by atoms with van der Waals surface area (Å²) in [6, 6.07) is 9.36. The maximum atomic E-state index is 14.6. The molecule has 3 unspecified atom stereocenters. The first-order valence-corrected chi connectivity index (χ1v) is 8.18. The minimum absolute atomic E-state index is 0.204. The quantitative estimate of drug-likeness (QED) is 0.784. The summed E-state index contributed by atoms with van der Waals surface area (Å²) in [4.78, 5) is 26.1. The second kappa shape index (κ2) is 5.95. The van der Waals surface area contributed by atoms with E-state index in [1.807, 2.05) is 37.3 Å². The lowest BCUT2D eigenvalue weighted by Gasteiger charge is -2.26. The Bertz CT molecular complexity index is 600. The molecule has 0 N–H and O–H groups in total. The van der Waals surface area contributed by atoms with Gasteiger partial charge in [-0.1, -0.05) is 30.3 Å². The van der Waals surface area contributed by atoms with Gasteiger partial charge in [0.15, 0.2) is 6.17 Å². The van der Waals surface area contributed by atoms with Crippen LogP contribution in [0.4, 0.5) is 4.39 Å². The molecule has 1 aromatic rings. The van der Waals surface area contributed by atoms with Crippen LogP contribution < -0.4 is 0 Å². The molecule has 2 aliphatic rings. The van der Waals surface area contributed by atoms with Gasteiger partial charge in [0.2, 0.25) is 0 Å². The highest BCUT2D eigenvalue weighted by molar-refractivity contribution is 5.88. The number of halogens is 1. The number of rotatable bonds is 5. The van der Waals surface area contributed by atoms with Crippen molar-refractivity contribution in [3.05, 3.63) is 35.9 Å². The van der Waals surface area contributed by atoms with Gasteiger partial charge in [-0.3, -0.25) is 9.59 Å². The fourth-order valence-corrected chi connectivity index (χ4v) is 3.58. The minimum Gasteiger partial charge on any atom is -0.466 e.